The van der Waals surface area contributed by atoms with E-state index in [1.165, 1.54) is 24.3 Å². The first-order valence-corrected chi connectivity index (χ1v) is 8.62. The topological polar surface area (TPSA) is 71.4 Å². The second-order valence-corrected chi connectivity index (χ2v) is 7.63. The summed E-state index contributed by atoms with van der Waals surface area (Å²) >= 11 is 11.7. The molecule has 0 saturated carbocycles. The molecule has 0 aliphatic rings. The smallest absolute Gasteiger partial charge is 0.336 e. The van der Waals surface area contributed by atoms with E-state index in [4.69, 9.17) is 23.2 Å². The molecular weight excluding hydrogens is 347 g/mol. The van der Waals surface area contributed by atoms with E-state index in [0.29, 0.717) is 5.56 Å². The number of hydrogen-bond donors (Lipinski definition) is 1. The van der Waals surface area contributed by atoms with Crippen LogP contribution in [-0.4, -0.2) is 19.5 Å². The van der Waals surface area contributed by atoms with E-state index in [0.717, 1.165) is 0 Å². The molecule has 0 radical (unpaired) electrons. The molecule has 0 unspecified atom stereocenters. The fourth-order valence-corrected chi connectivity index (χ4v) is 4.27. The molecule has 0 spiro atoms. The van der Waals surface area contributed by atoms with E-state index in [9.17, 15) is 18.3 Å². The van der Waals surface area contributed by atoms with E-state index in [2.05, 4.69) is 0 Å². The Bertz CT molecular complexity index is 824. The van der Waals surface area contributed by atoms with Crippen molar-refractivity contribution in [3.8, 4) is 0 Å². The SMILES string of the molecule is Cc1cccc(C(=O)O)c1CS(=O)(=O)c1cc(Cl)cc(Cl)c1. The quantitative estimate of drug-likeness (QED) is 0.897. The Balaban J connectivity index is 2.52. The van der Waals surface area contributed by atoms with Crippen molar-refractivity contribution in [1.82, 2.24) is 0 Å². The molecule has 0 atom stereocenters. The van der Waals surface area contributed by atoms with Gasteiger partial charge in [-0.15, -0.1) is 0 Å². The Labute approximate surface area is 138 Å². The first-order chi connectivity index (χ1) is 10.2. The van der Waals surface area contributed by atoms with Crippen LogP contribution in [0.3, 0.4) is 0 Å². The number of carboxylic acids is 1. The van der Waals surface area contributed by atoms with Gasteiger partial charge in [-0.2, -0.15) is 0 Å². The Morgan fingerprint density at radius 1 is 1.14 bits per heavy atom. The van der Waals surface area contributed by atoms with Crippen molar-refractivity contribution in [1.29, 1.82) is 0 Å². The number of aryl methyl sites for hydroxylation is 1. The molecule has 4 nitrogen and oxygen atoms in total. The number of aromatic carboxylic acids is 1. The van der Waals surface area contributed by atoms with Gasteiger partial charge in [-0.1, -0.05) is 35.3 Å². The summed E-state index contributed by atoms with van der Waals surface area (Å²) in [6.45, 7) is 1.67. The highest BCUT2D eigenvalue weighted by Gasteiger charge is 2.22. The summed E-state index contributed by atoms with van der Waals surface area (Å²) in [6.07, 6.45) is 0. The first kappa shape index (κ1) is 16.8. The van der Waals surface area contributed by atoms with Crippen LogP contribution in [0.4, 0.5) is 0 Å². The summed E-state index contributed by atoms with van der Waals surface area (Å²) in [5, 5.41) is 9.61. The maximum absolute atomic E-state index is 12.5. The Kier molecular flexibility index (Phi) is 4.80. The maximum Gasteiger partial charge on any atom is 0.336 e. The Morgan fingerprint density at radius 3 is 2.27 bits per heavy atom. The Hall–Kier alpha value is -1.56. The minimum atomic E-state index is -3.77. The van der Waals surface area contributed by atoms with Crippen molar-refractivity contribution in [3.05, 3.63) is 63.1 Å². The molecule has 0 aromatic heterocycles. The predicted molar refractivity (Wildman–Crippen MR) is 85.5 cm³/mol. The number of rotatable bonds is 4. The molecule has 2 aromatic rings. The van der Waals surface area contributed by atoms with Crippen LogP contribution >= 0.6 is 23.2 Å². The summed E-state index contributed by atoms with van der Waals surface area (Å²) in [6, 6.07) is 8.64. The van der Waals surface area contributed by atoms with Crippen LogP contribution in [0.2, 0.25) is 10.0 Å². The summed E-state index contributed by atoms with van der Waals surface area (Å²) in [4.78, 5) is 11.2. The molecule has 0 fully saturated rings. The minimum absolute atomic E-state index is 0.0308. The monoisotopic (exact) mass is 358 g/mol. The van der Waals surface area contributed by atoms with Crippen molar-refractivity contribution >= 4 is 39.0 Å². The van der Waals surface area contributed by atoms with Crippen LogP contribution in [0.5, 0.6) is 0 Å². The third-order valence-corrected chi connectivity index (χ3v) is 5.23. The third-order valence-electron chi connectivity index (χ3n) is 3.17. The van der Waals surface area contributed by atoms with Crippen LogP contribution in [0.1, 0.15) is 21.5 Å². The zero-order valence-corrected chi connectivity index (χ0v) is 13.8. The molecule has 0 heterocycles. The fourth-order valence-electron chi connectivity index (χ4n) is 2.08. The lowest BCUT2D eigenvalue weighted by molar-refractivity contribution is 0.0696. The number of hydrogen-bond acceptors (Lipinski definition) is 3. The van der Waals surface area contributed by atoms with Crippen molar-refractivity contribution in [3.63, 3.8) is 0 Å². The van der Waals surface area contributed by atoms with E-state index in [-0.39, 0.29) is 26.1 Å². The molecule has 0 aliphatic carbocycles. The van der Waals surface area contributed by atoms with Gasteiger partial charge in [0.25, 0.3) is 0 Å². The van der Waals surface area contributed by atoms with Gasteiger partial charge in [0.1, 0.15) is 0 Å². The van der Waals surface area contributed by atoms with Crippen LogP contribution in [-0.2, 0) is 15.6 Å². The lowest BCUT2D eigenvalue weighted by Gasteiger charge is -2.11. The number of carbonyl (C=O) groups is 1. The average molecular weight is 359 g/mol. The zero-order chi connectivity index (χ0) is 16.5. The predicted octanol–water partition coefficient (Wildman–Crippen LogP) is 3.97. The maximum atomic E-state index is 12.5. The van der Waals surface area contributed by atoms with Gasteiger partial charge in [-0.05, 0) is 42.3 Å². The molecule has 0 aliphatic heterocycles. The number of benzene rings is 2. The Morgan fingerprint density at radius 2 is 1.73 bits per heavy atom. The van der Waals surface area contributed by atoms with Gasteiger partial charge in [-0.25, -0.2) is 13.2 Å². The molecule has 0 amide bonds. The number of halogens is 2. The molecule has 22 heavy (non-hydrogen) atoms. The molecular formula is C15H12Cl2O4S. The van der Waals surface area contributed by atoms with Crippen molar-refractivity contribution in [2.24, 2.45) is 0 Å². The number of carboxylic acid groups (broad SMARTS) is 1. The van der Waals surface area contributed by atoms with Gasteiger partial charge >= 0.3 is 5.97 Å². The lowest BCUT2D eigenvalue weighted by atomic mass is 10.0. The number of sulfone groups is 1. The van der Waals surface area contributed by atoms with Crippen molar-refractivity contribution in [2.45, 2.75) is 17.6 Å². The van der Waals surface area contributed by atoms with Crippen LogP contribution < -0.4 is 0 Å². The molecule has 1 N–H and O–H groups in total. The second-order valence-electron chi connectivity index (χ2n) is 4.77. The molecule has 0 saturated heterocycles. The molecule has 2 rings (SSSR count). The van der Waals surface area contributed by atoms with Crippen molar-refractivity contribution < 1.29 is 18.3 Å². The van der Waals surface area contributed by atoms with Crippen LogP contribution in [0, 0.1) is 6.92 Å². The molecule has 2 aromatic carbocycles. The van der Waals surface area contributed by atoms with E-state index >= 15 is 0 Å². The summed E-state index contributed by atoms with van der Waals surface area (Å²) in [7, 11) is -3.77. The van der Waals surface area contributed by atoms with Gasteiger partial charge in [0.15, 0.2) is 9.84 Å². The highest BCUT2D eigenvalue weighted by Crippen LogP contribution is 2.26. The largest absolute Gasteiger partial charge is 0.478 e. The summed E-state index contributed by atoms with van der Waals surface area (Å²) in [5.41, 5.74) is 0.819. The first-order valence-electron chi connectivity index (χ1n) is 6.21. The standard InChI is InChI=1S/C15H12Cl2O4S/c1-9-3-2-4-13(15(18)19)14(9)8-22(20,21)12-6-10(16)5-11(17)7-12/h2-7H,8H2,1H3,(H,18,19). The highest BCUT2D eigenvalue weighted by atomic mass is 35.5. The normalized spacial score (nSPS) is 11.4. The van der Waals surface area contributed by atoms with Crippen LogP contribution in [0.25, 0.3) is 0 Å². The molecule has 116 valence electrons. The summed E-state index contributed by atoms with van der Waals surface area (Å²) < 4.78 is 25.0. The van der Waals surface area contributed by atoms with E-state index in [1.807, 2.05) is 0 Å². The third kappa shape index (κ3) is 3.61. The average Bonchev–Trinajstić information content (AvgIpc) is 2.39. The molecule has 7 heteroatoms. The van der Waals surface area contributed by atoms with Crippen molar-refractivity contribution in [2.75, 3.05) is 0 Å². The van der Waals surface area contributed by atoms with Gasteiger partial charge in [-0.3, -0.25) is 0 Å². The minimum Gasteiger partial charge on any atom is -0.478 e. The van der Waals surface area contributed by atoms with Gasteiger partial charge < -0.3 is 5.11 Å². The zero-order valence-electron chi connectivity index (χ0n) is 11.5. The fraction of sp³-hybridized carbons (Fsp3) is 0.133. The summed E-state index contributed by atoms with van der Waals surface area (Å²) in [5.74, 6) is -1.60. The van der Waals surface area contributed by atoms with Crippen LogP contribution in [0.15, 0.2) is 41.3 Å². The lowest BCUT2D eigenvalue weighted by Crippen LogP contribution is -2.11. The van der Waals surface area contributed by atoms with Gasteiger partial charge in [0.2, 0.25) is 0 Å². The second kappa shape index (κ2) is 6.28. The van der Waals surface area contributed by atoms with Gasteiger partial charge in [0.05, 0.1) is 16.2 Å². The molecule has 0 bridgehead atoms. The van der Waals surface area contributed by atoms with E-state index in [1.54, 1.807) is 19.1 Å². The van der Waals surface area contributed by atoms with Gasteiger partial charge in [0, 0.05) is 10.0 Å². The van der Waals surface area contributed by atoms with E-state index < -0.39 is 21.6 Å². The highest BCUT2D eigenvalue weighted by molar-refractivity contribution is 7.90.